The minimum absolute atomic E-state index is 0.482. The van der Waals surface area contributed by atoms with Gasteiger partial charge in [-0.15, -0.1) is 11.3 Å². The van der Waals surface area contributed by atoms with Crippen molar-refractivity contribution in [3.63, 3.8) is 0 Å². The summed E-state index contributed by atoms with van der Waals surface area (Å²) in [7, 11) is -1.50. The summed E-state index contributed by atoms with van der Waals surface area (Å²) in [6.07, 6.45) is 5.06. The Hall–Kier alpha value is -6.07. The SMILES string of the molecule is CS1(C)c2ccccc2N(c2cccc3c2sc2ccccc23)c2ccc3c(c21)-c1ccccc1C31c2ccccc2-n2c3ccccc3c3cccc1c32. The van der Waals surface area contributed by atoms with Gasteiger partial charge in [-0.25, -0.2) is 0 Å². The molecule has 0 radical (unpaired) electrons. The minimum Gasteiger partial charge on any atom is -0.309 e. The Kier molecular flexibility index (Phi) is 5.70. The van der Waals surface area contributed by atoms with Crippen molar-refractivity contribution in [1.82, 2.24) is 4.57 Å². The number of rotatable bonds is 1. The molecule has 1 spiro atoms. The summed E-state index contributed by atoms with van der Waals surface area (Å²) in [5.41, 5.74) is 15.4. The maximum Gasteiger partial charge on any atom is 0.0754 e. The fraction of sp³-hybridized carbons (Fsp3) is 0.0588. The number of benzene rings is 8. The van der Waals surface area contributed by atoms with Crippen LogP contribution in [0.2, 0.25) is 0 Å². The highest BCUT2D eigenvalue weighted by Crippen LogP contribution is 2.73. The van der Waals surface area contributed by atoms with E-state index in [-0.39, 0.29) is 0 Å². The molecule has 0 saturated carbocycles. The third kappa shape index (κ3) is 3.50. The molecule has 0 amide bonds. The monoisotopic (exact) mass is 738 g/mol. The summed E-state index contributed by atoms with van der Waals surface area (Å²) in [4.78, 5) is 5.50. The van der Waals surface area contributed by atoms with Crippen LogP contribution in [0.15, 0.2) is 180 Å². The number of thiophene rings is 1. The summed E-state index contributed by atoms with van der Waals surface area (Å²) in [6, 6.07) is 64.5. The van der Waals surface area contributed by atoms with Crippen molar-refractivity contribution in [1.29, 1.82) is 0 Å². The van der Waals surface area contributed by atoms with E-state index in [1.54, 1.807) is 0 Å². The van der Waals surface area contributed by atoms with Crippen LogP contribution in [0.25, 0.3) is 58.8 Å². The Balaban J connectivity index is 1.19. The largest absolute Gasteiger partial charge is 0.309 e. The van der Waals surface area contributed by atoms with Gasteiger partial charge < -0.3 is 9.47 Å². The van der Waals surface area contributed by atoms with E-state index in [0.717, 1.165) is 0 Å². The number of para-hydroxylation sites is 4. The van der Waals surface area contributed by atoms with Crippen molar-refractivity contribution < 1.29 is 0 Å². The van der Waals surface area contributed by atoms with E-state index in [1.165, 1.54) is 108 Å². The van der Waals surface area contributed by atoms with Crippen molar-refractivity contribution >= 4 is 80.4 Å². The molecule has 0 saturated heterocycles. The van der Waals surface area contributed by atoms with Crippen molar-refractivity contribution in [2.75, 3.05) is 17.4 Å². The first-order chi connectivity index (χ1) is 27.1. The zero-order chi connectivity index (χ0) is 36.2. The molecule has 2 aromatic heterocycles. The fourth-order valence-corrected chi connectivity index (χ4v) is 14.7. The van der Waals surface area contributed by atoms with Crippen LogP contribution >= 0.6 is 21.4 Å². The molecule has 55 heavy (non-hydrogen) atoms. The molecule has 3 aliphatic rings. The second-order valence-corrected chi connectivity index (χ2v) is 20.1. The maximum absolute atomic E-state index is 2.60. The van der Waals surface area contributed by atoms with E-state index >= 15 is 0 Å². The van der Waals surface area contributed by atoms with Crippen LogP contribution in [0.3, 0.4) is 0 Å². The highest BCUT2D eigenvalue weighted by molar-refractivity contribution is 8.33. The molecule has 260 valence electrons. The van der Waals surface area contributed by atoms with Gasteiger partial charge in [0.05, 0.1) is 43.9 Å². The Labute approximate surface area is 324 Å². The summed E-state index contributed by atoms with van der Waals surface area (Å²) >= 11 is 1.91. The summed E-state index contributed by atoms with van der Waals surface area (Å²) in [5.74, 6) is 0. The van der Waals surface area contributed by atoms with Crippen molar-refractivity contribution in [2.45, 2.75) is 15.2 Å². The first-order valence-electron chi connectivity index (χ1n) is 19.0. The summed E-state index contributed by atoms with van der Waals surface area (Å²) < 4.78 is 5.20. The second kappa shape index (κ2) is 10.4. The van der Waals surface area contributed by atoms with Crippen LogP contribution in [0, 0.1) is 0 Å². The van der Waals surface area contributed by atoms with Crippen LogP contribution in [0.5, 0.6) is 0 Å². The van der Waals surface area contributed by atoms with E-state index in [0.29, 0.717) is 0 Å². The molecule has 4 heteroatoms. The quantitative estimate of drug-likeness (QED) is 0.163. The van der Waals surface area contributed by atoms with Crippen LogP contribution in [0.4, 0.5) is 17.1 Å². The number of nitrogens with zero attached hydrogens (tertiary/aromatic N) is 2. The van der Waals surface area contributed by atoms with E-state index in [1.807, 2.05) is 11.3 Å². The lowest BCUT2D eigenvalue weighted by Gasteiger charge is -2.47. The lowest BCUT2D eigenvalue weighted by Crippen LogP contribution is -2.33. The Morgan fingerprint density at radius 1 is 0.473 bits per heavy atom. The van der Waals surface area contributed by atoms with Crippen LogP contribution in [0.1, 0.15) is 22.3 Å². The molecule has 0 bridgehead atoms. The zero-order valence-corrected chi connectivity index (χ0v) is 32.0. The van der Waals surface area contributed by atoms with Gasteiger partial charge >= 0.3 is 0 Å². The normalized spacial score (nSPS) is 17.7. The summed E-state index contributed by atoms with van der Waals surface area (Å²) in [5, 5.41) is 5.26. The van der Waals surface area contributed by atoms with Gasteiger partial charge in [0, 0.05) is 41.6 Å². The Bertz CT molecular complexity index is 3330. The van der Waals surface area contributed by atoms with Crippen molar-refractivity contribution in [2.24, 2.45) is 0 Å². The van der Waals surface area contributed by atoms with E-state index in [4.69, 9.17) is 0 Å². The van der Waals surface area contributed by atoms with Crippen molar-refractivity contribution in [3.05, 3.63) is 192 Å². The molecular weight excluding hydrogens is 705 g/mol. The molecule has 0 fully saturated rings. The summed E-state index contributed by atoms with van der Waals surface area (Å²) in [6.45, 7) is 0. The Morgan fingerprint density at radius 3 is 2.04 bits per heavy atom. The van der Waals surface area contributed by atoms with Gasteiger partial charge in [0.25, 0.3) is 0 Å². The molecule has 2 nitrogen and oxygen atoms in total. The molecular formula is C51H34N2S2. The first-order valence-corrected chi connectivity index (χ1v) is 22.3. The average Bonchev–Trinajstić information content (AvgIpc) is 3.88. The second-order valence-electron chi connectivity index (χ2n) is 15.6. The van der Waals surface area contributed by atoms with E-state index in [9.17, 15) is 0 Å². The van der Waals surface area contributed by atoms with Crippen LogP contribution in [-0.2, 0) is 5.41 Å². The standard InChI is InChI=1S/C51H34N2S2/c1-55(2)46-28-12-10-25-42(46)52(43-26-14-19-34-32-16-5-11-27-45(32)54-49(34)43)44-30-29-38-47(50(44)55)35-17-3-6-20-36(35)51(38)37-21-7-9-24-41(37)53-40-23-8-4-15-31(40)33-18-13-22-39(51)48(33)53/h3-30H,1-2H3. The third-order valence-electron chi connectivity index (χ3n) is 12.8. The number of aromatic nitrogens is 1. The Morgan fingerprint density at radius 2 is 1.13 bits per heavy atom. The minimum atomic E-state index is -1.50. The third-order valence-corrected chi connectivity index (χ3v) is 16.9. The van der Waals surface area contributed by atoms with Gasteiger partial charge in [-0.1, -0.05) is 127 Å². The molecule has 10 aromatic rings. The number of hydrogen-bond donors (Lipinski definition) is 0. The molecule has 2 aliphatic heterocycles. The van der Waals surface area contributed by atoms with Gasteiger partial charge in [-0.3, -0.25) is 0 Å². The van der Waals surface area contributed by atoms with Gasteiger partial charge in [0.15, 0.2) is 0 Å². The lowest BCUT2D eigenvalue weighted by molar-refractivity contribution is 0.747. The van der Waals surface area contributed by atoms with E-state index < -0.39 is 15.4 Å². The molecule has 8 aromatic carbocycles. The molecule has 4 heterocycles. The predicted octanol–water partition coefficient (Wildman–Crippen LogP) is 14.1. The van der Waals surface area contributed by atoms with Gasteiger partial charge in [-0.2, -0.15) is 10.0 Å². The molecule has 13 rings (SSSR count). The van der Waals surface area contributed by atoms with Crippen LogP contribution < -0.4 is 4.90 Å². The first kappa shape index (κ1) is 30.3. The van der Waals surface area contributed by atoms with E-state index in [2.05, 4.69) is 192 Å². The fourth-order valence-electron chi connectivity index (χ4n) is 10.8. The lowest BCUT2D eigenvalue weighted by atomic mass is 9.65. The zero-order valence-electron chi connectivity index (χ0n) is 30.4. The number of fused-ring (bicyclic) bond motifs is 18. The predicted molar refractivity (Wildman–Crippen MR) is 235 cm³/mol. The van der Waals surface area contributed by atoms with Crippen LogP contribution in [-0.4, -0.2) is 17.1 Å². The molecule has 1 atom stereocenters. The van der Waals surface area contributed by atoms with Crippen molar-refractivity contribution in [3.8, 4) is 16.8 Å². The smallest absolute Gasteiger partial charge is 0.0754 e. The molecule has 1 unspecified atom stereocenters. The molecule has 1 aliphatic carbocycles. The highest BCUT2D eigenvalue weighted by atomic mass is 32.3. The highest BCUT2D eigenvalue weighted by Gasteiger charge is 2.53. The maximum atomic E-state index is 2.60. The van der Waals surface area contributed by atoms with Gasteiger partial charge in [0.2, 0.25) is 0 Å². The molecule has 0 N–H and O–H groups in total. The average molecular weight is 739 g/mol. The number of anilines is 3. The number of hydrogen-bond acceptors (Lipinski definition) is 2. The topological polar surface area (TPSA) is 8.17 Å². The van der Waals surface area contributed by atoms with Gasteiger partial charge in [0.1, 0.15) is 0 Å². The van der Waals surface area contributed by atoms with Gasteiger partial charge in [-0.05, 0) is 82.8 Å².